The van der Waals surface area contributed by atoms with Crippen LogP contribution in [0.1, 0.15) is 119 Å². The molecule has 0 unspecified atom stereocenters. The summed E-state index contributed by atoms with van der Waals surface area (Å²) in [4.78, 5) is 0. The minimum atomic E-state index is 0.00500. The number of rotatable bonds is 3. The quantitative estimate of drug-likeness (QED) is 0.188. The molecule has 0 atom stereocenters. The molecule has 2 heterocycles. The smallest absolute Gasteiger partial charge is 0.0571 e. The molecular weight excluding hydrogens is 556 g/mol. The monoisotopic (exact) mass is 612 g/mol. The van der Waals surface area contributed by atoms with E-state index in [9.17, 15) is 0 Å². The zero-order valence-corrected chi connectivity index (χ0v) is 31.1. The second-order valence-electron chi connectivity index (χ2n) is 17.8. The van der Waals surface area contributed by atoms with Gasteiger partial charge >= 0.3 is 0 Å². The zero-order valence-electron chi connectivity index (χ0n) is 31.1. The van der Waals surface area contributed by atoms with Crippen LogP contribution in [0.3, 0.4) is 0 Å². The molecule has 2 aromatic heterocycles. The lowest BCUT2D eigenvalue weighted by Gasteiger charge is -2.24. The molecule has 4 aromatic carbocycles. The van der Waals surface area contributed by atoms with E-state index in [0.29, 0.717) is 0 Å². The first-order chi connectivity index (χ1) is 21.3. The Kier molecular flexibility index (Phi) is 7.40. The number of nitrogens with zero attached hydrogens (tertiary/aromatic N) is 2. The fraction of sp³-hybridized carbons (Fsp3) is 0.455. The molecule has 242 valence electrons. The van der Waals surface area contributed by atoms with E-state index in [2.05, 4.69) is 167 Å². The van der Waals surface area contributed by atoms with E-state index in [1.54, 1.807) is 0 Å². The van der Waals surface area contributed by atoms with Crippen LogP contribution in [0.25, 0.3) is 54.7 Å². The molecule has 6 rings (SSSR count). The molecule has 0 N–H and O–H groups in total. The van der Waals surface area contributed by atoms with Gasteiger partial charge in [0, 0.05) is 56.8 Å². The van der Waals surface area contributed by atoms with Crippen molar-refractivity contribution in [2.75, 3.05) is 0 Å². The number of aryl methyl sites for hydroxylation is 2. The van der Waals surface area contributed by atoms with Crippen LogP contribution in [0.5, 0.6) is 0 Å². The van der Waals surface area contributed by atoms with Crippen LogP contribution in [0, 0.1) is 0 Å². The lowest BCUT2D eigenvalue weighted by Crippen LogP contribution is -2.13. The molecule has 46 heavy (non-hydrogen) atoms. The van der Waals surface area contributed by atoms with Crippen molar-refractivity contribution in [2.24, 2.45) is 0 Å². The summed E-state index contributed by atoms with van der Waals surface area (Å²) in [5, 5.41) is 5.47. The Morgan fingerprint density at radius 3 is 0.978 bits per heavy atom. The van der Waals surface area contributed by atoms with Crippen LogP contribution in [0.15, 0.2) is 60.7 Å². The van der Waals surface area contributed by atoms with E-state index < -0.39 is 0 Å². The zero-order chi connectivity index (χ0) is 33.7. The second kappa shape index (κ2) is 10.5. The first-order valence-electron chi connectivity index (χ1n) is 17.5. The molecule has 0 bridgehead atoms. The Hall–Kier alpha value is -3.52. The molecule has 0 aliphatic rings. The van der Waals surface area contributed by atoms with Crippen molar-refractivity contribution in [3.05, 3.63) is 82.9 Å². The predicted molar refractivity (Wildman–Crippen MR) is 204 cm³/mol. The summed E-state index contributed by atoms with van der Waals surface area (Å²) >= 11 is 0. The molecule has 6 aromatic rings. The van der Waals surface area contributed by atoms with Gasteiger partial charge in [0.15, 0.2) is 0 Å². The van der Waals surface area contributed by atoms with Gasteiger partial charge in [-0.05, 0) is 106 Å². The molecule has 0 spiro atoms. The van der Waals surface area contributed by atoms with Gasteiger partial charge in [-0.2, -0.15) is 0 Å². The minimum Gasteiger partial charge on any atom is -0.340 e. The van der Waals surface area contributed by atoms with E-state index in [0.717, 1.165) is 13.1 Å². The largest absolute Gasteiger partial charge is 0.340 e. The molecule has 2 heteroatoms. The number of aromatic nitrogens is 2. The van der Waals surface area contributed by atoms with Crippen LogP contribution in [-0.2, 0) is 34.7 Å². The summed E-state index contributed by atoms with van der Waals surface area (Å²) in [5.41, 5.74) is 13.8. The van der Waals surface area contributed by atoms with Crippen LogP contribution in [0.2, 0.25) is 0 Å². The van der Waals surface area contributed by atoms with Crippen molar-refractivity contribution in [3.63, 3.8) is 0 Å². The first kappa shape index (κ1) is 32.4. The highest BCUT2D eigenvalue weighted by Gasteiger charge is 2.27. The number of hydrogen-bond donors (Lipinski definition) is 0. The Balaban J connectivity index is 1.87. The highest BCUT2D eigenvalue weighted by atomic mass is 15.0. The minimum absolute atomic E-state index is 0.00500. The summed E-state index contributed by atoms with van der Waals surface area (Å²) in [5.74, 6) is 0. The molecule has 0 aliphatic carbocycles. The highest BCUT2D eigenvalue weighted by Crippen LogP contribution is 2.46. The summed E-state index contributed by atoms with van der Waals surface area (Å²) in [6.45, 7) is 34.5. The number of benzene rings is 4. The second-order valence-corrected chi connectivity index (χ2v) is 17.8. The average molecular weight is 613 g/mol. The van der Waals surface area contributed by atoms with E-state index in [-0.39, 0.29) is 21.7 Å². The van der Waals surface area contributed by atoms with Gasteiger partial charge in [0.25, 0.3) is 0 Å². The summed E-state index contributed by atoms with van der Waals surface area (Å²) < 4.78 is 5.15. The molecule has 0 saturated carbocycles. The standard InChI is InChI=1S/C44H56N2/c1-15-45-37-19-17-27(41(3,4)5)21-31(37)33-23-29(43(9,10)11)25-35(39(33)45)36-26-30(44(12,13)14)24-34-32-22-28(42(6,7)8)18-20-38(32)46(16-2)40(34)36/h17-26H,15-16H2,1-14H3. The Labute approximate surface area is 277 Å². The van der Waals surface area contributed by atoms with Gasteiger partial charge in [-0.1, -0.05) is 95.2 Å². The summed E-state index contributed by atoms with van der Waals surface area (Å²) in [6.07, 6.45) is 0. The van der Waals surface area contributed by atoms with Gasteiger partial charge in [0.1, 0.15) is 0 Å². The average Bonchev–Trinajstić information content (AvgIpc) is 3.45. The molecule has 0 saturated heterocycles. The molecule has 0 fully saturated rings. The van der Waals surface area contributed by atoms with Crippen molar-refractivity contribution >= 4 is 43.6 Å². The first-order valence-corrected chi connectivity index (χ1v) is 17.5. The Morgan fingerprint density at radius 2 is 0.696 bits per heavy atom. The van der Waals surface area contributed by atoms with Crippen molar-refractivity contribution < 1.29 is 0 Å². The van der Waals surface area contributed by atoms with Crippen molar-refractivity contribution in [1.82, 2.24) is 9.13 Å². The fourth-order valence-electron chi connectivity index (χ4n) is 7.34. The third kappa shape index (κ3) is 5.17. The maximum atomic E-state index is 2.57. The van der Waals surface area contributed by atoms with E-state index in [1.165, 1.54) is 77.0 Å². The SMILES string of the molecule is CCn1c2ccc(C(C)(C)C)cc2c2cc(C(C)(C)C)cc(-c3cc(C(C)(C)C)cc4c5cc(C(C)(C)C)ccc5n(CC)c34)c21. The molecule has 0 amide bonds. The molecule has 0 aliphatic heterocycles. The van der Waals surface area contributed by atoms with Gasteiger partial charge in [0.05, 0.1) is 11.0 Å². The van der Waals surface area contributed by atoms with Crippen molar-refractivity contribution in [3.8, 4) is 11.1 Å². The molecular formula is C44H56N2. The predicted octanol–water partition coefficient (Wildman–Crippen LogP) is 12.8. The lowest BCUT2D eigenvalue weighted by atomic mass is 9.81. The van der Waals surface area contributed by atoms with Gasteiger partial charge < -0.3 is 9.13 Å². The molecule has 2 nitrogen and oxygen atoms in total. The fourth-order valence-corrected chi connectivity index (χ4v) is 7.34. The van der Waals surface area contributed by atoms with E-state index >= 15 is 0 Å². The normalized spacial score (nSPS) is 13.6. The molecule has 0 radical (unpaired) electrons. The van der Waals surface area contributed by atoms with E-state index in [4.69, 9.17) is 0 Å². The van der Waals surface area contributed by atoms with Crippen LogP contribution < -0.4 is 0 Å². The Morgan fingerprint density at radius 1 is 0.391 bits per heavy atom. The van der Waals surface area contributed by atoms with Gasteiger partial charge in [-0.25, -0.2) is 0 Å². The van der Waals surface area contributed by atoms with Gasteiger partial charge in [0.2, 0.25) is 0 Å². The van der Waals surface area contributed by atoms with Gasteiger partial charge in [-0.15, -0.1) is 0 Å². The van der Waals surface area contributed by atoms with Crippen LogP contribution in [0.4, 0.5) is 0 Å². The van der Waals surface area contributed by atoms with Crippen LogP contribution >= 0.6 is 0 Å². The highest BCUT2D eigenvalue weighted by molar-refractivity contribution is 6.18. The van der Waals surface area contributed by atoms with Crippen molar-refractivity contribution in [2.45, 2.75) is 132 Å². The summed E-state index contributed by atoms with van der Waals surface area (Å²) in [7, 11) is 0. The van der Waals surface area contributed by atoms with Crippen molar-refractivity contribution in [1.29, 1.82) is 0 Å². The van der Waals surface area contributed by atoms with Crippen LogP contribution in [-0.4, -0.2) is 9.13 Å². The maximum Gasteiger partial charge on any atom is 0.0571 e. The lowest BCUT2D eigenvalue weighted by molar-refractivity contribution is 0.590. The number of fused-ring (bicyclic) bond motifs is 6. The third-order valence-electron chi connectivity index (χ3n) is 10.3. The maximum absolute atomic E-state index is 2.57. The van der Waals surface area contributed by atoms with Gasteiger partial charge in [-0.3, -0.25) is 0 Å². The third-order valence-corrected chi connectivity index (χ3v) is 10.3. The summed E-state index contributed by atoms with van der Waals surface area (Å²) in [6, 6.07) is 24.4. The van der Waals surface area contributed by atoms with E-state index in [1.807, 2.05) is 0 Å². The number of hydrogen-bond acceptors (Lipinski definition) is 0. The topological polar surface area (TPSA) is 9.86 Å². The Bertz CT molecular complexity index is 1980.